The number of hydrogen-bond acceptors (Lipinski definition) is 4. The van der Waals surface area contributed by atoms with Gasteiger partial charge in [-0.05, 0) is 6.42 Å². The summed E-state index contributed by atoms with van der Waals surface area (Å²) >= 11 is 0. The molecule has 0 spiro atoms. The molecule has 0 bridgehead atoms. The molecule has 4 nitrogen and oxygen atoms in total. The fourth-order valence-electron chi connectivity index (χ4n) is 0.792. The van der Waals surface area contributed by atoms with Crippen LogP contribution in [0.5, 0.6) is 0 Å². The van der Waals surface area contributed by atoms with Crippen LogP contribution in [0.1, 0.15) is 12.8 Å². The maximum absolute atomic E-state index is 8.64. The minimum Gasteiger partial charge on any atom is -0.382 e. The lowest BCUT2D eigenvalue weighted by Crippen LogP contribution is -2.10. The summed E-state index contributed by atoms with van der Waals surface area (Å²) in [5.74, 6) is -0.170. The van der Waals surface area contributed by atoms with Crippen molar-refractivity contribution < 1.29 is 9.47 Å². The fraction of sp³-hybridized carbons (Fsp3) is 0.778. The highest BCUT2D eigenvalue weighted by Gasteiger charge is 2.06. The van der Waals surface area contributed by atoms with Crippen molar-refractivity contribution in [2.24, 2.45) is 5.92 Å². The zero-order chi connectivity index (χ0) is 9.94. The van der Waals surface area contributed by atoms with Crippen molar-refractivity contribution in [3.8, 4) is 12.1 Å². The van der Waals surface area contributed by atoms with Crippen LogP contribution in [0.4, 0.5) is 0 Å². The maximum Gasteiger partial charge on any atom is 0.0707 e. The molecule has 13 heavy (non-hydrogen) atoms. The SMILES string of the molecule is COCCOCC(C#N)CCC#N. The molecule has 0 aliphatic rings. The molecular formula is C9H14N2O2. The Morgan fingerprint density at radius 2 is 2.08 bits per heavy atom. The molecule has 0 radical (unpaired) electrons. The van der Waals surface area contributed by atoms with Gasteiger partial charge in [0.15, 0.2) is 0 Å². The molecule has 0 aliphatic carbocycles. The second-order valence-corrected chi connectivity index (χ2v) is 2.59. The molecule has 0 fully saturated rings. The average Bonchev–Trinajstić information content (AvgIpc) is 2.17. The van der Waals surface area contributed by atoms with E-state index in [2.05, 4.69) is 6.07 Å². The summed E-state index contributed by atoms with van der Waals surface area (Å²) in [6.45, 7) is 1.43. The van der Waals surface area contributed by atoms with Gasteiger partial charge in [-0.3, -0.25) is 0 Å². The molecular weight excluding hydrogens is 168 g/mol. The fourth-order valence-corrected chi connectivity index (χ4v) is 0.792. The lowest BCUT2D eigenvalue weighted by atomic mass is 10.1. The average molecular weight is 182 g/mol. The first kappa shape index (κ1) is 11.9. The highest BCUT2D eigenvalue weighted by molar-refractivity contribution is 4.85. The molecule has 0 aliphatic heterocycles. The Kier molecular flexibility index (Phi) is 8.23. The minimum atomic E-state index is -0.170. The number of nitriles is 2. The Balaban J connectivity index is 3.39. The summed E-state index contributed by atoms with van der Waals surface area (Å²) in [5, 5.41) is 16.9. The molecule has 4 heteroatoms. The van der Waals surface area contributed by atoms with Gasteiger partial charge in [0.2, 0.25) is 0 Å². The standard InChI is InChI=1S/C9H14N2O2/c1-12-5-6-13-8-9(7-11)3-2-4-10/h9H,2-3,5-6,8H2,1H3. The van der Waals surface area contributed by atoms with Gasteiger partial charge in [0.25, 0.3) is 0 Å². The van der Waals surface area contributed by atoms with E-state index in [-0.39, 0.29) is 5.92 Å². The van der Waals surface area contributed by atoms with Crippen molar-refractivity contribution >= 4 is 0 Å². The number of nitrogens with zero attached hydrogens (tertiary/aromatic N) is 2. The Morgan fingerprint density at radius 3 is 2.62 bits per heavy atom. The van der Waals surface area contributed by atoms with E-state index < -0.39 is 0 Å². The largest absolute Gasteiger partial charge is 0.382 e. The predicted octanol–water partition coefficient (Wildman–Crippen LogP) is 1.09. The van der Waals surface area contributed by atoms with E-state index in [0.717, 1.165) is 0 Å². The van der Waals surface area contributed by atoms with Crippen molar-refractivity contribution in [1.82, 2.24) is 0 Å². The molecule has 0 N–H and O–H groups in total. The molecule has 0 saturated heterocycles. The Hall–Kier alpha value is -1.10. The smallest absolute Gasteiger partial charge is 0.0707 e. The minimum absolute atomic E-state index is 0.170. The third-order valence-corrected chi connectivity index (χ3v) is 1.54. The number of ether oxygens (including phenoxy) is 2. The second-order valence-electron chi connectivity index (χ2n) is 2.59. The third kappa shape index (κ3) is 7.27. The van der Waals surface area contributed by atoms with Crippen LogP contribution in [0, 0.1) is 28.6 Å². The van der Waals surface area contributed by atoms with Crippen molar-refractivity contribution in [3.05, 3.63) is 0 Å². The molecule has 0 heterocycles. The molecule has 0 amide bonds. The van der Waals surface area contributed by atoms with Crippen LogP contribution in [-0.2, 0) is 9.47 Å². The zero-order valence-electron chi connectivity index (χ0n) is 7.82. The van der Waals surface area contributed by atoms with Crippen LogP contribution >= 0.6 is 0 Å². The Bertz CT molecular complexity index is 193. The summed E-state index contributed by atoms with van der Waals surface area (Å²) < 4.78 is 9.95. The van der Waals surface area contributed by atoms with Crippen molar-refractivity contribution in [2.75, 3.05) is 26.9 Å². The van der Waals surface area contributed by atoms with E-state index in [9.17, 15) is 0 Å². The van der Waals surface area contributed by atoms with Gasteiger partial charge in [-0.2, -0.15) is 10.5 Å². The van der Waals surface area contributed by atoms with E-state index in [1.54, 1.807) is 7.11 Å². The van der Waals surface area contributed by atoms with Gasteiger partial charge in [-0.1, -0.05) is 0 Å². The molecule has 1 unspecified atom stereocenters. The van der Waals surface area contributed by atoms with Crippen LogP contribution in [0.3, 0.4) is 0 Å². The van der Waals surface area contributed by atoms with Crippen molar-refractivity contribution in [2.45, 2.75) is 12.8 Å². The van der Waals surface area contributed by atoms with E-state index in [1.807, 2.05) is 6.07 Å². The molecule has 0 saturated carbocycles. The van der Waals surface area contributed by atoms with E-state index in [1.165, 1.54) is 0 Å². The molecule has 0 aromatic heterocycles. The quantitative estimate of drug-likeness (QED) is 0.553. The van der Waals surface area contributed by atoms with Gasteiger partial charge >= 0.3 is 0 Å². The first-order valence-electron chi connectivity index (χ1n) is 4.18. The summed E-state index contributed by atoms with van der Waals surface area (Å²) in [4.78, 5) is 0. The monoisotopic (exact) mass is 182 g/mol. The van der Waals surface area contributed by atoms with Crippen LogP contribution in [0.2, 0.25) is 0 Å². The summed E-state index contributed by atoms with van der Waals surface area (Å²) in [7, 11) is 1.60. The molecule has 0 rings (SSSR count). The van der Waals surface area contributed by atoms with Gasteiger partial charge in [0, 0.05) is 13.5 Å². The Labute approximate surface area is 78.7 Å². The first-order chi connectivity index (χ1) is 6.35. The molecule has 0 aromatic carbocycles. The number of hydrogen-bond donors (Lipinski definition) is 0. The van der Waals surface area contributed by atoms with Crippen LogP contribution < -0.4 is 0 Å². The number of methoxy groups -OCH3 is 1. The van der Waals surface area contributed by atoms with Crippen molar-refractivity contribution in [1.29, 1.82) is 10.5 Å². The first-order valence-corrected chi connectivity index (χ1v) is 4.18. The highest BCUT2D eigenvalue weighted by Crippen LogP contribution is 2.04. The molecule has 1 atom stereocenters. The van der Waals surface area contributed by atoms with Gasteiger partial charge in [0.05, 0.1) is 37.9 Å². The van der Waals surface area contributed by atoms with Crippen LogP contribution in [-0.4, -0.2) is 26.9 Å². The summed E-state index contributed by atoms with van der Waals surface area (Å²) in [5.41, 5.74) is 0. The van der Waals surface area contributed by atoms with Gasteiger partial charge in [-0.15, -0.1) is 0 Å². The Morgan fingerprint density at radius 1 is 1.31 bits per heavy atom. The zero-order valence-corrected chi connectivity index (χ0v) is 7.82. The molecule has 72 valence electrons. The lowest BCUT2D eigenvalue weighted by Gasteiger charge is -2.07. The highest BCUT2D eigenvalue weighted by atomic mass is 16.5. The maximum atomic E-state index is 8.64. The van der Waals surface area contributed by atoms with Gasteiger partial charge in [0.1, 0.15) is 0 Å². The van der Waals surface area contributed by atoms with Crippen LogP contribution in [0.15, 0.2) is 0 Å². The van der Waals surface area contributed by atoms with Crippen molar-refractivity contribution in [3.63, 3.8) is 0 Å². The lowest BCUT2D eigenvalue weighted by molar-refractivity contribution is 0.0588. The third-order valence-electron chi connectivity index (χ3n) is 1.54. The normalized spacial score (nSPS) is 11.6. The summed E-state index contributed by atoms with van der Waals surface area (Å²) in [6, 6.07) is 4.10. The predicted molar refractivity (Wildman–Crippen MR) is 46.6 cm³/mol. The second kappa shape index (κ2) is 8.99. The van der Waals surface area contributed by atoms with E-state index >= 15 is 0 Å². The van der Waals surface area contributed by atoms with E-state index in [4.69, 9.17) is 20.0 Å². The van der Waals surface area contributed by atoms with Gasteiger partial charge in [-0.25, -0.2) is 0 Å². The summed E-state index contributed by atoms with van der Waals surface area (Å²) in [6.07, 6.45) is 0.992. The van der Waals surface area contributed by atoms with E-state index in [0.29, 0.717) is 32.7 Å². The van der Waals surface area contributed by atoms with Crippen LogP contribution in [0.25, 0.3) is 0 Å². The van der Waals surface area contributed by atoms with Gasteiger partial charge < -0.3 is 9.47 Å². The topological polar surface area (TPSA) is 66.0 Å². The number of rotatable bonds is 7. The molecule has 0 aromatic rings.